The van der Waals surface area contributed by atoms with Gasteiger partial charge >= 0.3 is 0 Å². The van der Waals surface area contributed by atoms with Crippen molar-refractivity contribution in [1.82, 2.24) is 9.21 Å². The van der Waals surface area contributed by atoms with Crippen LogP contribution >= 0.6 is 0 Å². The van der Waals surface area contributed by atoms with Crippen LogP contribution in [0.4, 0.5) is 5.69 Å². The summed E-state index contributed by atoms with van der Waals surface area (Å²) in [5.41, 5.74) is 1.93. The van der Waals surface area contributed by atoms with Crippen LogP contribution in [0, 0.1) is 6.92 Å². The first kappa shape index (κ1) is 16.9. The van der Waals surface area contributed by atoms with Crippen molar-refractivity contribution in [1.29, 1.82) is 0 Å². The van der Waals surface area contributed by atoms with Crippen LogP contribution in [0.25, 0.3) is 0 Å². The van der Waals surface area contributed by atoms with Crippen LogP contribution in [0.2, 0.25) is 0 Å². The summed E-state index contributed by atoms with van der Waals surface area (Å²) in [5, 5.41) is 2.87. The molecule has 0 bridgehead atoms. The minimum absolute atomic E-state index is 0.0725. The van der Waals surface area contributed by atoms with Gasteiger partial charge in [0.05, 0.1) is 12.8 Å². The molecule has 6 nitrogen and oxygen atoms in total. The lowest BCUT2D eigenvalue weighted by molar-refractivity contribution is -0.117. The summed E-state index contributed by atoms with van der Waals surface area (Å²) in [6, 6.07) is 7.65. The first-order chi connectivity index (χ1) is 10.3. The number of hydrogen-bond acceptors (Lipinski definition) is 4. The third kappa shape index (κ3) is 5.08. The van der Waals surface area contributed by atoms with E-state index in [0.717, 1.165) is 24.2 Å². The van der Waals surface area contributed by atoms with Gasteiger partial charge in [0, 0.05) is 25.3 Å². The molecule has 1 amide bonds. The van der Waals surface area contributed by atoms with E-state index in [0.29, 0.717) is 19.6 Å². The molecule has 1 heterocycles. The Hall–Kier alpha value is -1.44. The van der Waals surface area contributed by atoms with Gasteiger partial charge in [0.2, 0.25) is 15.9 Å². The highest BCUT2D eigenvalue weighted by atomic mass is 32.2. The second-order valence-electron chi connectivity index (χ2n) is 5.71. The molecule has 0 aromatic heterocycles. The summed E-state index contributed by atoms with van der Waals surface area (Å²) in [6.07, 6.45) is 1.97. The SMILES string of the molecule is Cc1ccc(NC(=O)CN2CCCN(S(C)(=O)=O)CC2)cc1. The van der Waals surface area contributed by atoms with Crippen LogP contribution in [0.3, 0.4) is 0 Å². The quantitative estimate of drug-likeness (QED) is 0.893. The second kappa shape index (κ2) is 7.21. The highest BCUT2D eigenvalue weighted by molar-refractivity contribution is 7.88. The Kier molecular flexibility index (Phi) is 5.55. The Labute approximate surface area is 132 Å². The molecule has 122 valence electrons. The van der Waals surface area contributed by atoms with Crippen LogP contribution in [-0.2, 0) is 14.8 Å². The Balaban J connectivity index is 1.85. The molecular formula is C15H23N3O3S. The molecule has 0 spiro atoms. The standard InChI is InChI=1S/C15H23N3O3S/c1-13-4-6-14(7-5-13)16-15(19)12-17-8-3-9-18(11-10-17)22(2,20)21/h4-7H,3,8-12H2,1-2H3,(H,16,19). The van der Waals surface area contributed by atoms with Gasteiger partial charge in [-0.2, -0.15) is 0 Å². The highest BCUT2D eigenvalue weighted by Gasteiger charge is 2.22. The maximum Gasteiger partial charge on any atom is 0.238 e. The van der Waals surface area contributed by atoms with Crippen molar-refractivity contribution in [3.05, 3.63) is 29.8 Å². The van der Waals surface area contributed by atoms with Crippen molar-refractivity contribution in [2.45, 2.75) is 13.3 Å². The van der Waals surface area contributed by atoms with Crippen molar-refractivity contribution in [2.75, 3.05) is 44.3 Å². The van der Waals surface area contributed by atoms with Crippen molar-refractivity contribution in [3.8, 4) is 0 Å². The van der Waals surface area contributed by atoms with Crippen molar-refractivity contribution < 1.29 is 13.2 Å². The van der Waals surface area contributed by atoms with E-state index in [1.54, 1.807) is 0 Å². The molecule has 0 aliphatic carbocycles. The number of carbonyl (C=O) groups excluding carboxylic acids is 1. The minimum atomic E-state index is -3.15. The van der Waals surface area contributed by atoms with E-state index in [2.05, 4.69) is 5.32 Å². The molecule has 22 heavy (non-hydrogen) atoms. The van der Waals surface area contributed by atoms with Crippen LogP contribution in [0.1, 0.15) is 12.0 Å². The summed E-state index contributed by atoms with van der Waals surface area (Å²) in [5.74, 6) is -0.0725. The number of nitrogens with zero attached hydrogens (tertiary/aromatic N) is 2. The predicted octanol–water partition coefficient (Wildman–Crippen LogP) is 0.901. The Bertz CT molecular complexity index is 613. The number of hydrogen-bond donors (Lipinski definition) is 1. The molecule has 1 aromatic carbocycles. The molecular weight excluding hydrogens is 302 g/mol. The maximum absolute atomic E-state index is 12.1. The number of aryl methyl sites for hydroxylation is 1. The van der Waals surface area contributed by atoms with E-state index < -0.39 is 10.0 Å². The maximum atomic E-state index is 12.1. The summed E-state index contributed by atoms with van der Waals surface area (Å²) in [4.78, 5) is 14.1. The topological polar surface area (TPSA) is 69.7 Å². The molecule has 0 atom stereocenters. The smallest absolute Gasteiger partial charge is 0.238 e. The Morgan fingerprint density at radius 3 is 2.45 bits per heavy atom. The summed E-state index contributed by atoms with van der Waals surface area (Å²) in [6.45, 7) is 4.55. The van der Waals surface area contributed by atoms with E-state index in [1.165, 1.54) is 10.6 Å². The summed E-state index contributed by atoms with van der Waals surface area (Å²) in [7, 11) is -3.15. The van der Waals surface area contributed by atoms with Crippen LogP contribution in [0.5, 0.6) is 0 Å². The third-order valence-corrected chi connectivity index (χ3v) is 5.02. The summed E-state index contributed by atoms with van der Waals surface area (Å²) < 4.78 is 24.6. The Morgan fingerprint density at radius 2 is 1.82 bits per heavy atom. The lowest BCUT2D eigenvalue weighted by atomic mass is 10.2. The largest absolute Gasteiger partial charge is 0.325 e. The van der Waals surface area contributed by atoms with E-state index in [4.69, 9.17) is 0 Å². The fourth-order valence-corrected chi connectivity index (χ4v) is 3.35. The number of nitrogens with one attached hydrogen (secondary N) is 1. The second-order valence-corrected chi connectivity index (χ2v) is 7.69. The lowest BCUT2D eigenvalue weighted by Gasteiger charge is -2.20. The zero-order valence-corrected chi connectivity index (χ0v) is 13.9. The van der Waals surface area contributed by atoms with E-state index in [1.807, 2.05) is 36.1 Å². The van der Waals surface area contributed by atoms with Crippen molar-refractivity contribution >= 4 is 21.6 Å². The van der Waals surface area contributed by atoms with Gasteiger partial charge in [0.15, 0.2) is 0 Å². The van der Waals surface area contributed by atoms with Crippen LogP contribution < -0.4 is 5.32 Å². The molecule has 1 aliphatic heterocycles. The molecule has 0 radical (unpaired) electrons. The van der Waals surface area contributed by atoms with Gasteiger partial charge in [-0.25, -0.2) is 12.7 Å². The number of sulfonamides is 1. The number of benzene rings is 1. The van der Waals surface area contributed by atoms with E-state index in [-0.39, 0.29) is 12.5 Å². The molecule has 2 rings (SSSR count). The van der Waals surface area contributed by atoms with E-state index in [9.17, 15) is 13.2 Å². The summed E-state index contributed by atoms with van der Waals surface area (Å²) >= 11 is 0. The molecule has 0 saturated carbocycles. The lowest BCUT2D eigenvalue weighted by Crippen LogP contribution is -2.37. The zero-order chi connectivity index (χ0) is 16.2. The average Bonchev–Trinajstić information content (AvgIpc) is 2.66. The van der Waals surface area contributed by atoms with Gasteiger partial charge in [-0.05, 0) is 32.0 Å². The third-order valence-electron chi connectivity index (χ3n) is 3.72. The molecule has 7 heteroatoms. The number of anilines is 1. The number of amides is 1. The van der Waals surface area contributed by atoms with Gasteiger partial charge < -0.3 is 5.32 Å². The first-order valence-electron chi connectivity index (χ1n) is 7.38. The highest BCUT2D eigenvalue weighted by Crippen LogP contribution is 2.10. The van der Waals surface area contributed by atoms with Gasteiger partial charge in [0.25, 0.3) is 0 Å². The fourth-order valence-electron chi connectivity index (χ4n) is 2.48. The Morgan fingerprint density at radius 1 is 1.14 bits per heavy atom. The first-order valence-corrected chi connectivity index (χ1v) is 9.23. The van der Waals surface area contributed by atoms with E-state index >= 15 is 0 Å². The van der Waals surface area contributed by atoms with Crippen LogP contribution in [0.15, 0.2) is 24.3 Å². The van der Waals surface area contributed by atoms with Gasteiger partial charge in [-0.3, -0.25) is 9.69 Å². The van der Waals surface area contributed by atoms with Crippen molar-refractivity contribution in [2.24, 2.45) is 0 Å². The number of carbonyl (C=O) groups is 1. The van der Waals surface area contributed by atoms with Gasteiger partial charge in [0.1, 0.15) is 0 Å². The molecule has 1 fully saturated rings. The van der Waals surface area contributed by atoms with Crippen molar-refractivity contribution in [3.63, 3.8) is 0 Å². The van der Waals surface area contributed by atoms with Crippen LogP contribution in [-0.4, -0.2) is 62.5 Å². The molecule has 1 saturated heterocycles. The van der Waals surface area contributed by atoms with Gasteiger partial charge in [-0.15, -0.1) is 0 Å². The monoisotopic (exact) mass is 325 g/mol. The molecule has 1 aliphatic rings. The zero-order valence-electron chi connectivity index (χ0n) is 13.1. The minimum Gasteiger partial charge on any atom is -0.325 e. The molecule has 1 N–H and O–H groups in total. The fraction of sp³-hybridized carbons (Fsp3) is 0.533. The molecule has 0 unspecified atom stereocenters. The molecule has 1 aromatic rings. The van der Waals surface area contributed by atoms with Gasteiger partial charge in [-0.1, -0.05) is 17.7 Å². The normalized spacial score (nSPS) is 17.9. The predicted molar refractivity (Wildman–Crippen MR) is 87.3 cm³/mol. The number of rotatable bonds is 4. The average molecular weight is 325 g/mol.